The van der Waals surface area contributed by atoms with Crippen LogP contribution in [0, 0.1) is 0 Å². The minimum absolute atomic E-state index is 0.496. The molecule has 0 radical (unpaired) electrons. The Morgan fingerprint density at radius 3 is 2.82 bits per heavy atom. The fourth-order valence-corrected chi connectivity index (χ4v) is 4.95. The molecular formula is C22H27N3O2S. The first-order valence-electron chi connectivity index (χ1n) is 9.82. The standard InChI is InChI=1S/C22H27N3O2S/c1-26-19-10-9-16(13-20(19)27-2)22-17(14-23-24-22)15-25-11-5-3-4-7-18(25)21-8-6-12-28-21/h6,8-10,12-14,18H,3-5,7,11,15H2,1-2H3,(H,23,24)/t18-/m1/s1. The van der Waals surface area contributed by atoms with E-state index in [1.54, 1.807) is 14.2 Å². The molecule has 28 heavy (non-hydrogen) atoms. The monoisotopic (exact) mass is 397 g/mol. The van der Waals surface area contributed by atoms with Gasteiger partial charge in [0.2, 0.25) is 0 Å². The molecule has 1 saturated heterocycles. The van der Waals surface area contributed by atoms with E-state index in [-0.39, 0.29) is 0 Å². The van der Waals surface area contributed by atoms with Crippen molar-refractivity contribution in [2.24, 2.45) is 0 Å². The van der Waals surface area contributed by atoms with Gasteiger partial charge in [-0.05, 0) is 49.0 Å². The molecule has 2 aromatic heterocycles. The minimum atomic E-state index is 0.496. The number of nitrogens with one attached hydrogen (secondary N) is 1. The molecule has 148 valence electrons. The number of benzene rings is 1. The van der Waals surface area contributed by atoms with Gasteiger partial charge in [0.15, 0.2) is 11.5 Å². The van der Waals surface area contributed by atoms with E-state index < -0.39 is 0 Å². The van der Waals surface area contributed by atoms with Crippen LogP contribution in [0.1, 0.15) is 42.2 Å². The van der Waals surface area contributed by atoms with Gasteiger partial charge in [-0.25, -0.2) is 0 Å². The molecule has 1 N–H and O–H groups in total. The Hall–Kier alpha value is -2.31. The smallest absolute Gasteiger partial charge is 0.161 e. The Kier molecular flexibility index (Phi) is 5.98. The Morgan fingerprint density at radius 1 is 1.14 bits per heavy atom. The summed E-state index contributed by atoms with van der Waals surface area (Å²) in [6.07, 6.45) is 7.05. The molecule has 0 bridgehead atoms. The minimum Gasteiger partial charge on any atom is -0.493 e. The molecule has 1 atom stereocenters. The van der Waals surface area contributed by atoms with Gasteiger partial charge in [0.05, 0.1) is 26.1 Å². The Morgan fingerprint density at radius 2 is 2.04 bits per heavy atom. The van der Waals surface area contributed by atoms with Crippen molar-refractivity contribution in [3.8, 4) is 22.8 Å². The topological polar surface area (TPSA) is 50.4 Å². The largest absolute Gasteiger partial charge is 0.493 e. The van der Waals surface area contributed by atoms with Crippen molar-refractivity contribution in [3.63, 3.8) is 0 Å². The molecule has 3 heterocycles. The second-order valence-electron chi connectivity index (χ2n) is 7.19. The number of thiophene rings is 1. The van der Waals surface area contributed by atoms with Crippen LogP contribution < -0.4 is 9.47 Å². The summed E-state index contributed by atoms with van der Waals surface area (Å²) in [5, 5.41) is 9.73. The Labute approximate surface area is 170 Å². The number of aromatic amines is 1. The summed E-state index contributed by atoms with van der Waals surface area (Å²) < 4.78 is 10.9. The molecule has 6 heteroatoms. The highest BCUT2D eigenvalue weighted by molar-refractivity contribution is 7.10. The van der Waals surface area contributed by atoms with Crippen LogP contribution in [0.15, 0.2) is 41.9 Å². The molecule has 0 saturated carbocycles. The van der Waals surface area contributed by atoms with Crippen LogP contribution in [0.2, 0.25) is 0 Å². The highest BCUT2D eigenvalue weighted by Crippen LogP contribution is 2.36. The van der Waals surface area contributed by atoms with Gasteiger partial charge >= 0.3 is 0 Å². The van der Waals surface area contributed by atoms with Gasteiger partial charge in [0.25, 0.3) is 0 Å². The average Bonchev–Trinajstić information content (AvgIpc) is 3.37. The van der Waals surface area contributed by atoms with Gasteiger partial charge in [-0.3, -0.25) is 10.00 Å². The third kappa shape index (κ3) is 3.93. The first-order valence-corrected chi connectivity index (χ1v) is 10.7. The van der Waals surface area contributed by atoms with Crippen LogP contribution in [0.25, 0.3) is 11.3 Å². The molecule has 1 aliphatic heterocycles. The van der Waals surface area contributed by atoms with Crippen LogP contribution in [-0.4, -0.2) is 35.9 Å². The van der Waals surface area contributed by atoms with Crippen molar-refractivity contribution >= 4 is 11.3 Å². The highest BCUT2D eigenvalue weighted by atomic mass is 32.1. The Balaban J connectivity index is 1.61. The van der Waals surface area contributed by atoms with Gasteiger partial charge < -0.3 is 9.47 Å². The maximum atomic E-state index is 5.48. The zero-order valence-electron chi connectivity index (χ0n) is 16.5. The summed E-state index contributed by atoms with van der Waals surface area (Å²) in [4.78, 5) is 4.09. The molecule has 5 nitrogen and oxygen atoms in total. The van der Waals surface area contributed by atoms with Crippen LogP contribution >= 0.6 is 11.3 Å². The van der Waals surface area contributed by atoms with E-state index in [0.29, 0.717) is 6.04 Å². The summed E-state index contributed by atoms with van der Waals surface area (Å²) in [5.41, 5.74) is 3.33. The number of rotatable bonds is 6. The summed E-state index contributed by atoms with van der Waals surface area (Å²) in [6.45, 7) is 2.02. The van der Waals surface area contributed by atoms with E-state index in [0.717, 1.165) is 35.8 Å². The molecular weight excluding hydrogens is 370 g/mol. The zero-order chi connectivity index (χ0) is 19.3. The predicted molar refractivity (Wildman–Crippen MR) is 113 cm³/mol. The number of hydrogen-bond acceptors (Lipinski definition) is 5. The lowest BCUT2D eigenvalue weighted by molar-refractivity contribution is 0.195. The normalized spacial score (nSPS) is 18.0. The van der Waals surface area contributed by atoms with Gasteiger partial charge in [0.1, 0.15) is 0 Å². The molecule has 0 spiro atoms. The van der Waals surface area contributed by atoms with Crippen LogP contribution in [0.4, 0.5) is 0 Å². The molecule has 1 fully saturated rings. The lowest BCUT2D eigenvalue weighted by atomic mass is 10.0. The van der Waals surface area contributed by atoms with Crippen LogP contribution in [0.5, 0.6) is 11.5 Å². The number of aromatic nitrogens is 2. The summed E-state index contributed by atoms with van der Waals surface area (Å²) >= 11 is 1.87. The SMILES string of the molecule is COc1ccc(-c2[nH]ncc2CN2CCCCC[C@@H]2c2cccs2)cc1OC. The fourth-order valence-electron chi connectivity index (χ4n) is 4.05. The third-order valence-corrected chi connectivity index (χ3v) is 6.47. The second kappa shape index (κ2) is 8.80. The number of ether oxygens (including phenoxy) is 2. The number of H-pyrrole nitrogens is 1. The number of nitrogens with zero attached hydrogens (tertiary/aromatic N) is 2. The van der Waals surface area contributed by atoms with E-state index in [4.69, 9.17) is 9.47 Å². The van der Waals surface area contributed by atoms with Crippen molar-refractivity contribution in [1.82, 2.24) is 15.1 Å². The molecule has 3 aromatic rings. The predicted octanol–water partition coefficient (Wildman–Crippen LogP) is 5.27. The molecule has 0 amide bonds. The molecule has 4 rings (SSSR count). The van der Waals surface area contributed by atoms with Gasteiger partial charge in [0, 0.05) is 28.6 Å². The van der Waals surface area contributed by atoms with Crippen LogP contribution in [-0.2, 0) is 6.54 Å². The summed E-state index contributed by atoms with van der Waals surface area (Å²) in [6, 6.07) is 10.9. The number of hydrogen-bond donors (Lipinski definition) is 1. The molecule has 0 unspecified atom stereocenters. The third-order valence-electron chi connectivity index (χ3n) is 5.50. The van der Waals surface area contributed by atoms with Crippen molar-refractivity contribution in [2.75, 3.05) is 20.8 Å². The first-order chi connectivity index (χ1) is 13.8. The number of likely N-dealkylation sites (tertiary alicyclic amines) is 1. The average molecular weight is 398 g/mol. The first kappa shape index (κ1) is 19.0. The molecule has 1 aromatic carbocycles. The van der Waals surface area contributed by atoms with E-state index in [1.807, 2.05) is 29.7 Å². The maximum Gasteiger partial charge on any atom is 0.161 e. The lowest BCUT2D eigenvalue weighted by Gasteiger charge is -2.29. The summed E-state index contributed by atoms with van der Waals surface area (Å²) in [7, 11) is 3.32. The number of methoxy groups -OCH3 is 2. The highest BCUT2D eigenvalue weighted by Gasteiger charge is 2.25. The summed E-state index contributed by atoms with van der Waals surface area (Å²) in [5.74, 6) is 1.46. The van der Waals surface area contributed by atoms with E-state index in [9.17, 15) is 0 Å². The van der Waals surface area contributed by atoms with Crippen molar-refractivity contribution < 1.29 is 9.47 Å². The second-order valence-corrected chi connectivity index (χ2v) is 8.17. The van der Waals surface area contributed by atoms with Crippen molar-refractivity contribution in [1.29, 1.82) is 0 Å². The lowest BCUT2D eigenvalue weighted by Crippen LogP contribution is -2.27. The van der Waals surface area contributed by atoms with Crippen LogP contribution in [0.3, 0.4) is 0 Å². The Bertz CT molecular complexity index is 891. The van der Waals surface area contributed by atoms with E-state index >= 15 is 0 Å². The van der Waals surface area contributed by atoms with E-state index in [1.165, 1.54) is 36.1 Å². The van der Waals surface area contributed by atoms with Gasteiger partial charge in [-0.1, -0.05) is 18.9 Å². The fraction of sp³-hybridized carbons (Fsp3) is 0.409. The van der Waals surface area contributed by atoms with E-state index in [2.05, 4.69) is 38.7 Å². The van der Waals surface area contributed by atoms with Crippen molar-refractivity contribution in [3.05, 3.63) is 52.3 Å². The maximum absolute atomic E-state index is 5.48. The van der Waals surface area contributed by atoms with Gasteiger partial charge in [-0.2, -0.15) is 5.10 Å². The molecule has 0 aliphatic carbocycles. The quantitative estimate of drug-likeness (QED) is 0.615. The molecule has 1 aliphatic rings. The van der Waals surface area contributed by atoms with Crippen molar-refractivity contribution in [2.45, 2.75) is 38.3 Å². The zero-order valence-corrected chi connectivity index (χ0v) is 17.3. The van der Waals surface area contributed by atoms with Gasteiger partial charge in [-0.15, -0.1) is 11.3 Å².